The number of nitrogens with one attached hydrogen (secondary N) is 1. The van der Waals surface area contributed by atoms with Crippen LogP contribution in [0.3, 0.4) is 0 Å². The minimum Gasteiger partial charge on any atom is -0.394 e. The van der Waals surface area contributed by atoms with Gasteiger partial charge >= 0.3 is 0 Å². The lowest BCUT2D eigenvalue weighted by Gasteiger charge is -2.27. The van der Waals surface area contributed by atoms with Crippen LogP contribution in [0.25, 0.3) is 0 Å². The lowest BCUT2D eigenvalue weighted by Crippen LogP contribution is -2.53. The van der Waals surface area contributed by atoms with Crippen LogP contribution in [-0.4, -0.2) is 57.3 Å². The first-order valence-corrected chi connectivity index (χ1v) is 21.4. The second-order valence-electron chi connectivity index (χ2n) is 14.7. The summed E-state index contributed by atoms with van der Waals surface area (Å²) in [5.41, 5.74) is 0. The summed E-state index contributed by atoms with van der Waals surface area (Å²) >= 11 is 0. The molecule has 6 nitrogen and oxygen atoms in total. The predicted molar refractivity (Wildman–Crippen MR) is 214 cm³/mol. The lowest BCUT2D eigenvalue weighted by molar-refractivity contribution is -0.132. The Bertz CT molecular complexity index is 797. The Morgan fingerprint density at radius 1 is 0.480 bits per heavy atom. The number of carbonyl (C=O) groups is 1. The smallest absolute Gasteiger partial charge is 0.249 e. The molecule has 0 saturated carbocycles. The average molecular weight is 706 g/mol. The highest BCUT2D eigenvalue weighted by molar-refractivity contribution is 5.80. The van der Waals surface area contributed by atoms with Gasteiger partial charge in [0, 0.05) is 0 Å². The number of carbonyl (C=O) groups excluding carboxylic acids is 1. The molecule has 4 atom stereocenters. The molecule has 0 aromatic carbocycles. The van der Waals surface area contributed by atoms with Gasteiger partial charge in [-0.1, -0.05) is 166 Å². The second-order valence-corrected chi connectivity index (χ2v) is 14.7. The van der Waals surface area contributed by atoms with E-state index in [2.05, 4.69) is 55.6 Å². The Morgan fingerprint density at radius 2 is 0.840 bits per heavy atom. The van der Waals surface area contributed by atoms with Crippen molar-refractivity contribution in [1.82, 2.24) is 5.32 Å². The molecule has 0 aromatic rings. The zero-order valence-electron chi connectivity index (χ0n) is 32.9. The standard InChI is InChI=1S/C44H83NO5/c1-3-5-7-9-11-13-15-16-17-18-19-20-21-22-23-24-25-26-28-29-31-33-35-37-41(47)43(49)40(39-46)45-44(50)42(48)38-36-34-32-30-27-14-12-10-8-6-4-2/h12,14,24-25,29,31,40-43,46-49H,3-11,13,15-23,26-28,30,32-39H2,1-2H3,(H,45,50)/b14-12-,25-24+,31-29+. The van der Waals surface area contributed by atoms with E-state index in [1.54, 1.807) is 0 Å². The van der Waals surface area contributed by atoms with Crippen molar-refractivity contribution in [2.24, 2.45) is 0 Å². The second kappa shape index (κ2) is 38.8. The molecule has 0 bridgehead atoms. The highest BCUT2D eigenvalue weighted by Gasteiger charge is 2.28. The fourth-order valence-electron chi connectivity index (χ4n) is 6.35. The predicted octanol–water partition coefficient (Wildman–Crippen LogP) is 11.0. The number of unbranched alkanes of at least 4 members (excludes halogenated alkanes) is 23. The van der Waals surface area contributed by atoms with E-state index in [4.69, 9.17) is 0 Å². The number of allylic oxidation sites excluding steroid dienone is 6. The highest BCUT2D eigenvalue weighted by atomic mass is 16.3. The van der Waals surface area contributed by atoms with Gasteiger partial charge in [0.25, 0.3) is 0 Å². The molecule has 0 spiro atoms. The maximum Gasteiger partial charge on any atom is 0.249 e. The van der Waals surface area contributed by atoms with E-state index in [1.807, 2.05) is 0 Å². The van der Waals surface area contributed by atoms with Gasteiger partial charge in [-0.05, 0) is 77.0 Å². The van der Waals surface area contributed by atoms with Gasteiger partial charge in [-0.2, -0.15) is 0 Å². The molecule has 4 unspecified atom stereocenters. The Morgan fingerprint density at radius 3 is 1.30 bits per heavy atom. The third kappa shape index (κ3) is 32.4. The normalized spacial score (nSPS) is 14.6. The molecule has 0 fully saturated rings. The molecule has 0 heterocycles. The summed E-state index contributed by atoms with van der Waals surface area (Å²) < 4.78 is 0. The zero-order chi connectivity index (χ0) is 36.8. The molecular weight excluding hydrogens is 622 g/mol. The Kier molecular flexibility index (Phi) is 37.6. The van der Waals surface area contributed by atoms with E-state index in [9.17, 15) is 25.2 Å². The van der Waals surface area contributed by atoms with Gasteiger partial charge in [-0.3, -0.25) is 4.79 Å². The van der Waals surface area contributed by atoms with E-state index in [1.165, 1.54) is 116 Å². The zero-order valence-corrected chi connectivity index (χ0v) is 32.9. The van der Waals surface area contributed by atoms with Gasteiger partial charge in [0.15, 0.2) is 0 Å². The molecule has 1 amide bonds. The van der Waals surface area contributed by atoms with Crippen LogP contribution in [0.2, 0.25) is 0 Å². The Hall–Kier alpha value is -1.47. The van der Waals surface area contributed by atoms with E-state index < -0.39 is 36.9 Å². The summed E-state index contributed by atoms with van der Waals surface area (Å²) in [7, 11) is 0. The van der Waals surface area contributed by atoms with Crippen molar-refractivity contribution in [1.29, 1.82) is 0 Å². The first-order chi connectivity index (χ1) is 24.5. The van der Waals surface area contributed by atoms with Gasteiger partial charge in [0.1, 0.15) is 12.2 Å². The third-order valence-electron chi connectivity index (χ3n) is 9.80. The molecule has 6 heteroatoms. The molecule has 50 heavy (non-hydrogen) atoms. The third-order valence-corrected chi connectivity index (χ3v) is 9.80. The maximum absolute atomic E-state index is 12.4. The summed E-state index contributed by atoms with van der Waals surface area (Å²) in [6.45, 7) is 3.99. The quantitative estimate of drug-likeness (QED) is 0.0324. The summed E-state index contributed by atoms with van der Waals surface area (Å²) in [5.74, 6) is -0.609. The van der Waals surface area contributed by atoms with Crippen LogP contribution in [-0.2, 0) is 4.79 Å². The minimum absolute atomic E-state index is 0.344. The highest BCUT2D eigenvalue weighted by Crippen LogP contribution is 2.15. The number of aliphatic hydroxyl groups excluding tert-OH is 4. The average Bonchev–Trinajstić information content (AvgIpc) is 3.12. The molecular formula is C44H83NO5. The number of hydrogen-bond donors (Lipinski definition) is 5. The van der Waals surface area contributed by atoms with Crippen molar-refractivity contribution in [3.05, 3.63) is 36.5 Å². The van der Waals surface area contributed by atoms with Crippen molar-refractivity contribution < 1.29 is 25.2 Å². The molecule has 294 valence electrons. The minimum atomic E-state index is -1.29. The van der Waals surface area contributed by atoms with Crippen LogP contribution in [0.1, 0.15) is 206 Å². The lowest BCUT2D eigenvalue weighted by atomic mass is 10.00. The van der Waals surface area contributed by atoms with Crippen molar-refractivity contribution >= 4 is 5.91 Å². The summed E-state index contributed by atoms with van der Waals surface area (Å²) in [4.78, 5) is 12.4. The van der Waals surface area contributed by atoms with Crippen molar-refractivity contribution in [2.45, 2.75) is 231 Å². The molecule has 0 aromatic heterocycles. The number of hydrogen-bond acceptors (Lipinski definition) is 5. The Balaban J connectivity index is 3.79. The van der Waals surface area contributed by atoms with Crippen molar-refractivity contribution in [3.8, 4) is 0 Å². The monoisotopic (exact) mass is 706 g/mol. The van der Waals surface area contributed by atoms with Gasteiger partial charge in [-0.15, -0.1) is 0 Å². The first-order valence-electron chi connectivity index (χ1n) is 21.4. The van der Waals surface area contributed by atoms with E-state index in [-0.39, 0.29) is 0 Å². The Labute approximate surface area is 309 Å². The van der Waals surface area contributed by atoms with Gasteiger partial charge in [-0.25, -0.2) is 0 Å². The van der Waals surface area contributed by atoms with Crippen molar-refractivity contribution in [2.75, 3.05) is 6.61 Å². The van der Waals surface area contributed by atoms with Crippen LogP contribution in [0.4, 0.5) is 0 Å². The molecule has 0 rings (SSSR count). The molecule has 0 aliphatic rings. The molecule has 5 N–H and O–H groups in total. The number of aliphatic hydroxyl groups is 4. The summed E-state index contributed by atoms with van der Waals surface area (Å²) in [6.07, 6.45) is 44.7. The van der Waals surface area contributed by atoms with Crippen LogP contribution in [0.15, 0.2) is 36.5 Å². The number of amides is 1. The topological polar surface area (TPSA) is 110 Å². The van der Waals surface area contributed by atoms with Crippen LogP contribution >= 0.6 is 0 Å². The largest absolute Gasteiger partial charge is 0.394 e. The van der Waals surface area contributed by atoms with E-state index >= 15 is 0 Å². The molecule has 0 aliphatic heterocycles. The van der Waals surface area contributed by atoms with E-state index in [0.29, 0.717) is 19.3 Å². The fraction of sp³-hybridized carbons (Fsp3) is 0.841. The maximum atomic E-state index is 12.4. The summed E-state index contributed by atoms with van der Waals surface area (Å²) in [5, 5.41) is 43.5. The fourth-order valence-corrected chi connectivity index (χ4v) is 6.35. The SMILES string of the molecule is CCCCC/C=C\CCCCCCC(O)C(=O)NC(CO)C(O)C(O)CCC/C=C/CC/C=C/CCCCCCCCCCCCCCCC. The molecule has 0 radical (unpaired) electrons. The number of rotatable bonds is 38. The van der Waals surface area contributed by atoms with Gasteiger partial charge in [0.05, 0.1) is 18.8 Å². The van der Waals surface area contributed by atoms with Gasteiger partial charge < -0.3 is 25.7 Å². The first kappa shape index (κ1) is 48.5. The van der Waals surface area contributed by atoms with Crippen LogP contribution in [0, 0.1) is 0 Å². The van der Waals surface area contributed by atoms with Crippen LogP contribution < -0.4 is 5.32 Å². The van der Waals surface area contributed by atoms with Crippen LogP contribution in [0.5, 0.6) is 0 Å². The van der Waals surface area contributed by atoms with Gasteiger partial charge in [0.2, 0.25) is 5.91 Å². The molecule has 0 aliphatic carbocycles. The van der Waals surface area contributed by atoms with Crippen molar-refractivity contribution in [3.63, 3.8) is 0 Å². The molecule has 0 saturated heterocycles. The summed E-state index contributed by atoms with van der Waals surface area (Å²) in [6, 6.07) is -1.01. The van der Waals surface area contributed by atoms with E-state index in [0.717, 1.165) is 57.8 Å².